The molecule has 0 bridgehead atoms. The first kappa shape index (κ1) is 9.76. The number of aromatic nitrogens is 4. The van der Waals surface area contributed by atoms with Gasteiger partial charge in [-0.25, -0.2) is 0 Å². The minimum absolute atomic E-state index is 0.310. The summed E-state index contributed by atoms with van der Waals surface area (Å²) in [5, 5.41) is 8.40. The summed E-state index contributed by atoms with van der Waals surface area (Å²) in [5.74, 6) is 0. The standard InChI is InChI=1S/C10H15N5/c1-7(2)15-9(4-5-12-15)10-8(11)6-13-14(10)3/h4-7H,11H2,1-3H3. The summed E-state index contributed by atoms with van der Waals surface area (Å²) >= 11 is 0. The van der Waals surface area contributed by atoms with Crippen LogP contribution in [0.3, 0.4) is 0 Å². The van der Waals surface area contributed by atoms with Gasteiger partial charge in [-0.2, -0.15) is 10.2 Å². The lowest BCUT2D eigenvalue weighted by Gasteiger charge is -2.11. The molecule has 0 fully saturated rings. The summed E-state index contributed by atoms with van der Waals surface area (Å²) in [6.45, 7) is 4.17. The molecule has 0 saturated heterocycles. The van der Waals surface area contributed by atoms with Gasteiger partial charge in [0.25, 0.3) is 0 Å². The second-order valence-electron chi connectivity index (χ2n) is 3.83. The topological polar surface area (TPSA) is 61.7 Å². The lowest BCUT2D eigenvalue weighted by atomic mass is 10.2. The smallest absolute Gasteiger partial charge is 0.109 e. The summed E-state index contributed by atoms with van der Waals surface area (Å²) in [7, 11) is 1.88. The molecule has 0 radical (unpaired) electrons. The van der Waals surface area contributed by atoms with Crippen LogP contribution in [0.2, 0.25) is 0 Å². The second-order valence-corrected chi connectivity index (χ2v) is 3.83. The molecule has 2 N–H and O–H groups in total. The van der Waals surface area contributed by atoms with Crippen molar-refractivity contribution in [1.82, 2.24) is 19.6 Å². The zero-order valence-corrected chi connectivity index (χ0v) is 9.18. The van der Waals surface area contributed by atoms with Crippen molar-refractivity contribution in [2.45, 2.75) is 19.9 Å². The maximum absolute atomic E-state index is 5.88. The van der Waals surface area contributed by atoms with E-state index in [1.807, 2.05) is 17.8 Å². The van der Waals surface area contributed by atoms with Gasteiger partial charge in [0.05, 0.1) is 17.6 Å². The summed E-state index contributed by atoms with van der Waals surface area (Å²) in [5.41, 5.74) is 8.48. The molecule has 15 heavy (non-hydrogen) atoms. The number of aryl methyl sites for hydroxylation is 1. The van der Waals surface area contributed by atoms with Crippen LogP contribution < -0.4 is 5.73 Å². The van der Waals surface area contributed by atoms with Crippen molar-refractivity contribution in [3.05, 3.63) is 18.5 Å². The molecule has 0 aliphatic heterocycles. The highest BCUT2D eigenvalue weighted by molar-refractivity contribution is 5.69. The van der Waals surface area contributed by atoms with Crippen molar-refractivity contribution in [3.8, 4) is 11.4 Å². The van der Waals surface area contributed by atoms with E-state index in [-0.39, 0.29) is 0 Å². The molecule has 0 amide bonds. The first-order valence-corrected chi connectivity index (χ1v) is 4.92. The van der Waals surface area contributed by atoms with E-state index in [1.165, 1.54) is 0 Å². The van der Waals surface area contributed by atoms with Gasteiger partial charge in [-0.3, -0.25) is 9.36 Å². The molecule has 0 aliphatic carbocycles. The van der Waals surface area contributed by atoms with E-state index < -0.39 is 0 Å². The Labute approximate surface area is 88.5 Å². The van der Waals surface area contributed by atoms with Gasteiger partial charge in [-0.05, 0) is 19.9 Å². The van der Waals surface area contributed by atoms with Crippen LogP contribution in [0.1, 0.15) is 19.9 Å². The van der Waals surface area contributed by atoms with E-state index >= 15 is 0 Å². The maximum atomic E-state index is 5.88. The molecule has 0 spiro atoms. The molecule has 2 heterocycles. The van der Waals surface area contributed by atoms with Gasteiger partial charge in [0.1, 0.15) is 5.69 Å². The SMILES string of the molecule is CC(C)n1nccc1-c1c(N)cnn1C. The molecule has 0 aliphatic rings. The van der Waals surface area contributed by atoms with Crippen LogP contribution in [0.25, 0.3) is 11.4 Å². The average molecular weight is 205 g/mol. The van der Waals surface area contributed by atoms with Crippen LogP contribution >= 0.6 is 0 Å². The first-order chi connectivity index (χ1) is 7.11. The largest absolute Gasteiger partial charge is 0.396 e. The molecule has 0 atom stereocenters. The molecule has 0 saturated carbocycles. The van der Waals surface area contributed by atoms with Crippen molar-refractivity contribution < 1.29 is 0 Å². The Morgan fingerprint density at radius 2 is 2.07 bits per heavy atom. The Morgan fingerprint density at radius 3 is 2.60 bits per heavy atom. The molecule has 2 aromatic heterocycles. The van der Waals surface area contributed by atoms with Crippen molar-refractivity contribution in [2.75, 3.05) is 5.73 Å². The zero-order chi connectivity index (χ0) is 11.0. The number of hydrogen-bond acceptors (Lipinski definition) is 3. The minimum atomic E-state index is 0.310. The van der Waals surface area contributed by atoms with Gasteiger partial charge in [0.2, 0.25) is 0 Å². The summed E-state index contributed by atoms with van der Waals surface area (Å²) in [6, 6.07) is 2.26. The molecule has 5 nitrogen and oxygen atoms in total. The van der Waals surface area contributed by atoms with Crippen LogP contribution in [-0.4, -0.2) is 19.6 Å². The minimum Gasteiger partial charge on any atom is -0.396 e. The van der Waals surface area contributed by atoms with E-state index in [4.69, 9.17) is 5.73 Å². The fourth-order valence-corrected chi connectivity index (χ4v) is 1.68. The normalized spacial score (nSPS) is 11.2. The Morgan fingerprint density at radius 1 is 1.33 bits per heavy atom. The number of nitrogen functional groups attached to an aromatic ring is 1. The molecule has 0 unspecified atom stereocenters. The number of rotatable bonds is 2. The van der Waals surface area contributed by atoms with Gasteiger partial charge in [-0.15, -0.1) is 0 Å². The van der Waals surface area contributed by atoms with Gasteiger partial charge >= 0.3 is 0 Å². The highest BCUT2D eigenvalue weighted by atomic mass is 15.3. The lowest BCUT2D eigenvalue weighted by Crippen LogP contribution is -2.07. The van der Waals surface area contributed by atoms with Crippen molar-refractivity contribution in [1.29, 1.82) is 0 Å². The number of anilines is 1. The number of hydrogen-bond donors (Lipinski definition) is 1. The van der Waals surface area contributed by atoms with Crippen LogP contribution in [0, 0.1) is 0 Å². The Balaban J connectivity index is 2.59. The van der Waals surface area contributed by atoms with Gasteiger partial charge in [-0.1, -0.05) is 0 Å². The van der Waals surface area contributed by atoms with Crippen LogP contribution in [-0.2, 0) is 7.05 Å². The number of nitrogens with zero attached hydrogens (tertiary/aromatic N) is 4. The first-order valence-electron chi connectivity index (χ1n) is 4.92. The van der Waals surface area contributed by atoms with E-state index in [2.05, 4.69) is 24.0 Å². The van der Waals surface area contributed by atoms with E-state index in [1.54, 1.807) is 17.1 Å². The van der Waals surface area contributed by atoms with E-state index in [0.717, 1.165) is 11.4 Å². The molecule has 5 heteroatoms. The molecule has 0 aromatic carbocycles. The van der Waals surface area contributed by atoms with Crippen molar-refractivity contribution in [2.24, 2.45) is 7.05 Å². The van der Waals surface area contributed by atoms with E-state index in [9.17, 15) is 0 Å². The van der Waals surface area contributed by atoms with Crippen molar-refractivity contribution >= 4 is 5.69 Å². The molecular weight excluding hydrogens is 190 g/mol. The van der Waals surface area contributed by atoms with Gasteiger partial charge in [0.15, 0.2) is 0 Å². The van der Waals surface area contributed by atoms with E-state index in [0.29, 0.717) is 11.7 Å². The quantitative estimate of drug-likeness (QED) is 0.807. The predicted octanol–water partition coefficient (Wildman–Crippen LogP) is 1.45. The average Bonchev–Trinajstić information content (AvgIpc) is 2.73. The fourth-order valence-electron chi connectivity index (χ4n) is 1.68. The fraction of sp³-hybridized carbons (Fsp3) is 0.400. The lowest BCUT2D eigenvalue weighted by molar-refractivity contribution is 0.536. The Hall–Kier alpha value is -1.78. The third-order valence-electron chi connectivity index (χ3n) is 2.37. The van der Waals surface area contributed by atoms with Crippen LogP contribution in [0.4, 0.5) is 5.69 Å². The Kier molecular flexibility index (Phi) is 2.22. The third kappa shape index (κ3) is 1.49. The van der Waals surface area contributed by atoms with Crippen LogP contribution in [0.15, 0.2) is 18.5 Å². The monoisotopic (exact) mass is 205 g/mol. The molecule has 2 aromatic rings. The summed E-state index contributed by atoms with van der Waals surface area (Å²) < 4.78 is 3.71. The Bertz CT molecular complexity index is 446. The highest BCUT2D eigenvalue weighted by Gasteiger charge is 2.14. The highest BCUT2D eigenvalue weighted by Crippen LogP contribution is 2.26. The van der Waals surface area contributed by atoms with Gasteiger partial charge in [0, 0.05) is 19.3 Å². The molecule has 80 valence electrons. The summed E-state index contributed by atoms with van der Waals surface area (Å²) in [6.07, 6.45) is 3.44. The predicted molar refractivity (Wildman–Crippen MR) is 59.2 cm³/mol. The van der Waals surface area contributed by atoms with Crippen LogP contribution in [0.5, 0.6) is 0 Å². The zero-order valence-electron chi connectivity index (χ0n) is 9.18. The maximum Gasteiger partial charge on any atom is 0.109 e. The van der Waals surface area contributed by atoms with Crippen molar-refractivity contribution in [3.63, 3.8) is 0 Å². The number of nitrogens with two attached hydrogens (primary N) is 1. The summed E-state index contributed by atoms with van der Waals surface area (Å²) in [4.78, 5) is 0. The van der Waals surface area contributed by atoms with Gasteiger partial charge < -0.3 is 5.73 Å². The third-order valence-corrected chi connectivity index (χ3v) is 2.37. The second kappa shape index (κ2) is 3.42. The molecule has 2 rings (SSSR count). The molecular formula is C10H15N5.